The number of benzene rings is 1. The second-order valence-electron chi connectivity index (χ2n) is 5.27. The molecule has 0 aliphatic heterocycles. The van der Waals surface area contributed by atoms with Crippen LogP contribution in [-0.4, -0.2) is 23.5 Å². The molecular formula is C15H18ClN3O. The van der Waals surface area contributed by atoms with E-state index in [1.165, 1.54) is 10.9 Å². The summed E-state index contributed by atoms with van der Waals surface area (Å²) in [5.41, 5.74) is 2.24. The van der Waals surface area contributed by atoms with Crippen LogP contribution in [0.4, 0.5) is 0 Å². The molecule has 1 amide bonds. The summed E-state index contributed by atoms with van der Waals surface area (Å²) in [6.07, 6.45) is 4.79. The Hall–Kier alpha value is -1.52. The van der Waals surface area contributed by atoms with Gasteiger partial charge in [-0.1, -0.05) is 17.7 Å². The number of H-pyrrole nitrogens is 1. The summed E-state index contributed by atoms with van der Waals surface area (Å²) in [6, 6.07) is 6.28. The zero-order chi connectivity index (χ0) is 13.9. The fourth-order valence-corrected chi connectivity index (χ4v) is 2.43. The summed E-state index contributed by atoms with van der Waals surface area (Å²) in [7, 11) is 0. The number of aromatic amines is 1. The van der Waals surface area contributed by atoms with Crippen molar-refractivity contribution >= 4 is 28.4 Å². The molecule has 1 heterocycles. The number of carbonyl (C=O) groups excluding carboxylic acids is 1. The summed E-state index contributed by atoms with van der Waals surface area (Å²) in [5, 5.41) is 8.19. The van der Waals surface area contributed by atoms with Crippen molar-refractivity contribution in [3.63, 3.8) is 0 Å². The highest BCUT2D eigenvalue weighted by atomic mass is 35.5. The first kappa shape index (κ1) is 13.5. The summed E-state index contributed by atoms with van der Waals surface area (Å²) < 4.78 is 0. The molecule has 0 radical (unpaired) electrons. The molecule has 1 saturated carbocycles. The van der Waals surface area contributed by atoms with Crippen molar-refractivity contribution in [3.05, 3.63) is 35.0 Å². The quantitative estimate of drug-likeness (QED) is 0.717. The number of aromatic nitrogens is 1. The lowest BCUT2D eigenvalue weighted by atomic mass is 10.2. The minimum atomic E-state index is 0.144. The van der Waals surface area contributed by atoms with Gasteiger partial charge in [-0.25, -0.2) is 0 Å². The molecule has 0 unspecified atom stereocenters. The molecule has 0 saturated heterocycles. The maximum Gasteiger partial charge on any atom is 0.221 e. The predicted molar refractivity (Wildman–Crippen MR) is 80.8 cm³/mol. The molecule has 1 fully saturated rings. The van der Waals surface area contributed by atoms with E-state index in [4.69, 9.17) is 11.6 Å². The fourth-order valence-electron chi connectivity index (χ4n) is 2.26. The third kappa shape index (κ3) is 3.32. The Morgan fingerprint density at radius 2 is 2.25 bits per heavy atom. The van der Waals surface area contributed by atoms with Gasteiger partial charge in [0.05, 0.1) is 0 Å². The van der Waals surface area contributed by atoms with Gasteiger partial charge in [-0.05, 0) is 30.5 Å². The van der Waals surface area contributed by atoms with Crippen LogP contribution in [0.25, 0.3) is 10.9 Å². The highest BCUT2D eigenvalue weighted by molar-refractivity contribution is 6.31. The van der Waals surface area contributed by atoms with E-state index in [2.05, 4.69) is 15.6 Å². The Morgan fingerprint density at radius 1 is 1.40 bits per heavy atom. The van der Waals surface area contributed by atoms with Crippen molar-refractivity contribution in [1.82, 2.24) is 15.6 Å². The second kappa shape index (κ2) is 5.85. The maximum atomic E-state index is 11.5. The first-order valence-corrected chi connectivity index (χ1v) is 7.36. The van der Waals surface area contributed by atoms with E-state index in [0.29, 0.717) is 19.0 Å². The molecule has 0 atom stereocenters. The zero-order valence-corrected chi connectivity index (χ0v) is 12.0. The number of nitrogens with one attached hydrogen (secondary N) is 3. The van der Waals surface area contributed by atoms with Crippen molar-refractivity contribution in [1.29, 1.82) is 0 Å². The van der Waals surface area contributed by atoms with Crippen molar-refractivity contribution in [3.8, 4) is 0 Å². The summed E-state index contributed by atoms with van der Waals surface area (Å²) in [5.74, 6) is 0.144. The van der Waals surface area contributed by atoms with E-state index in [-0.39, 0.29) is 5.91 Å². The second-order valence-corrected chi connectivity index (χ2v) is 5.71. The molecule has 5 heteroatoms. The number of amides is 1. The Labute approximate surface area is 122 Å². The van der Waals surface area contributed by atoms with Gasteiger partial charge in [-0.2, -0.15) is 0 Å². The van der Waals surface area contributed by atoms with Crippen LogP contribution in [0.15, 0.2) is 24.4 Å². The summed E-state index contributed by atoms with van der Waals surface area (Å²) in [4.78, 5) is 14.7. The molecule has 1 aliphatic rings. The average Bonchev–Trinajstić information content (AvgIpc) is 3.14. The third-order valence-electron chi connectivity index (χ3n) is 3.52. The SMILES string of the molecule is O=C(CCNCc1c[nH]c2cc(Cl)ccc12)NC1CC1. The van der Waals surface area contributed by atoms with Crippen molar-refractivity contribution in [2.75, 3.05) is 6.54 Å². The van der Waals surface area contributed by atoms with E-state index >= 15 is 0 Å². The Kier molecular flexibility index (Phi) is 3.94. The van der Waals surface area contributed by atoms with Gasteiger partial charge in [0.1, 0.15) is 0 Å². The number of carbonyl (C=O) groups is 1. The lowest BCUT2D eigenvalue weighted by Crippen LogP contribution is -2.28. The molecule has 2 aromatic rings. The molecule has 3 N–H and O–H groups in total. The molecule has 3 rings (SSSR count). The maximum absolute atomic E-state index is 11.5. The largest absolute Gasteiger partial charge is 0.361 e. The van der Waals surface area contributed by atoms with E-state index in [1.807, 2.05) is 24.4 Å². The third-order valence-corrected chi connectivity index (χ3v) is 3.75. The Bertz CT molecular complexity index is 619. The number of halogens is 1. The minimum Gasteiger partial charge on any atom is -0.361 e. The molecule has 1 aromatic heterocycles. The molecule has 20 heavy (non-hydrogen) atoms. The molecule has 0 bridgehead atoms. The van der Waals surface area contributed by atoms with Crippen molar-refractivity contribution in [2.24, 2.45) is 0 Å². The van der Waals surface area contributed by atoms with E-state index < -0.39 is 0 Å². The van der Waals surface area contributed by atoms with Gasteiger partial charge in [-0.3, -0.25) is 4.79 Å². The van der Waals surface area contributed by atoms with Gasteiger partial charge in [0, 0.05) is 47.7 Å². The average molecular weight is 292 g/mol. The Balaban J connectivity index is 1.48. The normalized spacial score (nSPS) is 14.7. The first-order valence-electron chi connectivity index (χ1n) is 6.98. The standard InChI is InChI=1S/C15H18ClN3O/c16-11-1-4-13-10(9-18-14(13)7-11)8-17-6-5-15(20)19-12-2-3-12/h1,4,7,9,12,17-18H,2-3,5-6,8H2,(H,19,20). The van der Waals surface area contributed by atoms with E-state index in [0.717, 1.165) is 29.9 Å². The van der Waals surface area contributed by atoms with Crippen LogP contribution in [0.2, 0.25) is 5.02 Å². The lowest BCUT2D eigenvalue weighted by molar-refractivity contribution is -0.121. The Morgan fingerprint density at radius 3 is 3.05 bits per heavy atom. The molecule has 4 nitrogen and oxygen atoms in total. The van der Waals surface area contributed by atoms with E-state index in [9.17, 15) is 4.79 Å². The molecular weight excluding hydrogens is 274 g/mol. The van der Waals surface area contributed by atoms with Crippen LogP contribution < -0.4 is 10.6 Å². The monoisotopic (exact) mass is 291 g/mol. The molecule has 106 valence electrons. The highest BCUT2D eigenvalue weighted by Crippen LogP contribution is 2.22. The zero-order valence-electron chi connectivity index (χ0n) is 11.2. The summed E-state index contributed by atoms with van der Waals surface area (Å²) >= 11 is 5.96. The smallest absolute Gasteiger partial charge is 0.221 e. The van der Waals surface area contributed by atoms with Crippen LogP contribution in [0, 0.1) is 0 Å². The van der Waals surface area contributed by atoms with Crippen LogP contribution >= 0.6 is 11.6 Å². The lowest BCUT2D eigenvalue weighted by Gasteiger charge is -2.05. The van der Waals surface area contributed by atoms with Gasteiger partial charge >= 0.3 is 0 Å². The number of hydrogen-bond donors (Lipinski definition) is 3. The first-order chi connectivity index (χ1) is 9.72. The van der Waals surface area contributed by atoms with Crippen LogP contribution in [0.5, 0.6) is 0 Å². The molecule has 1 aliphatic carbocycles. The van der Waals surface area contributed by atoms with Crippen LogP contribution in [-0.2, 0) is 11.3 Å². The highest BCUT2D eigenvalue weighted by Gasteiger charge is 2.22. The molecule has 0 spiro atoms. The van der Waals surface area contributed by atoms with Crippen molar-refractivity contribution in [2.45, 2.75) is 31.8 Å². The molecule has 1 aromatic carbocycles. The van der Waals surface area contributed by atoms with E-state index in [1.54, 1.807) is 0 Å². The van der Waals surface area contributed by atoms with Gasteiger partial charge in [0.15, 0.2) is 0 Å². The van der Waals surface area contributed by atoms with Crippen molar-refractivity contribution < 1.29 is 4.79 Å². The number of fused-ring (bicyclic) bond motifs is 1. The van der Waals surface area contributed by atoms with Gasteiger partial charge in [0.2, 0.25) is 5.91 Å². The summed E-state index contributed by atoms with van der Waals surface area (Å²) in [6.45, 7) is 1.44. The topological polar surface area (TPSA) is 56.9 Å². The fraction of sp³-hybridized carbons (Fsp3) is 0.400. The predicted octanol–water partition coefficient (Wildman–Crippen LogP) is 2.58. The van der Waals surface area contributed by atoms with Crippen LogP contribution in [0.3, 0.4) is 0 Å². The van der Waals surface area contributed by atoms with Gasteiger partial charge in [0.25, 0.3) is 0 Å². The van der Waals surface area contributed by atoms with Gasteiger partial charge in [-0.15, -0.1) is 0 Å². The number of hydrogen-bond acceptors (Lipinski definition) is 2. The van der Waals surface area contributed by atoms with Crippen LogP contribution in [0.1, 0.15) is 24.8 Å². The van der Waals surface area contributed by atoms with Gasteiger partial charge < -0.3 is 15.6 Å². The number of rotatable bonds is 6. The minimum absolute atomic E-state index is 0.144.